The van der Waals surface area contributed by atoms with Crippen LogP contribution in [-0.2, 0) is 11.3 Å². The SMILES string of the molecule is COc1cc(CNC(=O)[C@@H]2C[C@@H]2c2ccccc2C)ccc1C(=O)O. The second kappa shape index (κ2) is 6.97. The molecule has 0 aliphatic heterocycles. The number of rotatable bonds is 6. The van der Waals surface area contributed by atoms with Crippen molar-refractivity contribution in [2.75, 3.05) is 7.11 Å². The summed E-state index contributed by atoms with van der Waals surface area (Å²) in [5.74, 6) is -0.393. The molecule has 0 aromatic heterocycles. The van der Waals surface area contributed by atoms with Crippen molar-refractivity contribution >= 4 is 11.9 Å². The summed E-state index contributed by atoms with van der Waals surface area (Å²) in [4.78, 5) is 23.5. The van der Waals surface area contributed by atoms with Gasteiger partial charge in [-0.3, -0.25) is 4.79 Å². The molecule has 1 aliphatic rings. The standard InChI is InChI=1S/C20H21NO4/c1-12-5-3-4-6-14(12)16-10-17(16)19(22)21-11-13-7-8-15(20(23)24)18(9-13)25-2/h3-9,16-17H,10-11H2,1-2H3,(H,21,22)(H,23,24)/t16-,17-/m1/s1. The maximum absolute atomic E-state index is 12.4. The third-order valence-electron chi connectivity index (χ3n) is 4.68. The molecule has 5 heteroatoms. The van der Waals surface area contributed by atoms with Crippen molar-refractivity contribution in [3.8, 4) is 5.75 Å². The molecular formula is C20H21NO4. The maximum Gasteiger partial charge on any atom is 0.339 e. The fourth-order valence-corrected chi connectivity index (χ4v) is 3.17. The molecular weight excluding hydrogens is 318 g/mol. The Morgan fingerprint density at radius 2 is 2.00 bits per heavy atom. The molecule has 1 amide bonds. The van der Waals surface area contributed by atoms with E-state index in [2.05, 4.69) is 24.4 Å². The van der Waals surface area contributed by atoms with Gasteiger partial charge in [0.05, 0.1) is 7.11 Å². The highest BCUT2D eigenvalue weighted by atomic mass is 16.5. The zero-order valence-electron chi connectivity index (χ0n) is 14.3. The van der Waals surface area contributed by atoms with Crippen LogP contribution < -0.4 is 10.1 Å². The molecule has 0 unspecified atom stereocenters. The number of carbonyl (C=O) groups excluding carboxylic acids is 1. The van der Waals surface area contributed by atoms with E-state index in [1.165, 1.54) is 24.3 Å². The van der Waals surface area contributed by atoms with Gasteiger partial charge in [-0.1, -0.05) is 30.3 Å². The Morgan fingerprint density at radius 3 is 2.68 bits per heavy atom. The molecule has 5 nitrogen and oxygen atoms in total. The number of hydrogen-bond acceptors (Lipinski definition) is 3. The van der Waals surface area contributed by atoms with Crippen LogP contribution in [0.1, 0.15) is 39.4 Å². The van der Waals surface area contributed by atoms with Crippen molar-refractivity contribution in [1.82, 2.24) is 5.32 Å². The predicted molar refractivity (Wildman–Crippen MR) is 93.8 cm³/mol. The molecule has 1 fully saturated rings. The Hall–Kier alpha value is -2.82. The number of carbonyl (C=O) groups is 2. The summed E-state index contributed by atoms with van der Waals surface area (Å²) in [6.45, 7) is 2.42. The molecule has 0 spiro atoms. The van der Waals surface area contributed by atoms with Crippen LogP contribution in [-0.4, -0.2) is 24.1 Å². The molecule has 3 rings (SSSR count). The fourth-order valence-electron chi connectivity index (χ4n) is 3.17. The van der Waals surface area contributed by atoms with Crippen LogP contribution in [0.3, 0.4) is 0 Å². The van der Waals surface area contributed by atoms with Gasteiger partial charge in [0.25, 0.3) is 0 Å². The highest BCUT2D eigenvalue weighted by molar-refractivity contribution is 5.91. The summed E-state index contributed by atoms with van der Waals surface area (Å²) < 4.78 is 5.11. The third-order valence-corrected chi connectivity index (χ3v) is 4.68. The van der Waals surface area contributed by atoms with Gasteiger partial charge in [0.2, 0.25) is 5.91 Å². The van der Waals surface area contributed by atoms with Gasteiger partial charge in [0.15, 0.2) is 0 Å². The molecule has 0 bridgehead atoms. The lowest BCUT2D eigenvalue weighted by Crippen LogP contribution is -2.25. The van der Waals surface area contributed by atoms with E-state index >= 15 is 0 Å². The molecule has 0 heterocycles. The maximum atomic E-state index is 12.4. The average Bonchev–Trinajstić information content (AvgIpc) is 3.40. The van der Waals surface area contributed by atoms with Gasteiger partial charge in [-0.25, -0.2) is 4.79 Å². The number of benzene rings is 2. The van der Waals surface area contributed by atoms with Crippen LogP contribution >= 0.6 is 0 Å². The summed E-state index contributed by atoms with van der Waals surface area (Å²) in [5.41, 5.74) is 3.38. The van der Waals surface area contributed by atoms with Crippen LogP contribution in [0.5, 0.6) is 5.75 Å². The van der Waals surface area contributed by atoms with E-state index in [1.807, 2.05) is 12.1 Å². The van der Waals surface area contributed by atoms with Gasteiger partial charge in [-0.2, -0.15) is 0 Å². The number of amides is 1. The summed E-state index contributed by atoms with van der Waals surface area (Å²) in [5, 5.41) is 12.0. The van der Waals surface area contributed by atoms with Gasteiger partial charge in [-0.05, 0) is 48.1 Å². The minimum atomic E-state index is -1.04. The molecule has 0 saturated heterocycles. The van der Waals surface area contributed by atoms with Crippen LogP contribution in [0.15, 0.2) is 42.5 Å². The summed E-state index contributed by atoms with van der Waals surface area (Å²) in [6, 6.07) is 13.0. The molecule has 25 heavy (non-hydrogen) atoms. The summed E-state index contributed by atoms with van der Waals surface area (Å²) >= 11 is 0. The lowest BCUT2D eigenvalue weighted by atomic mass is 10.0. The van der Waals surface area contributed by atoms with Crippen molar-refractivity contribution < 1.29 is 19.4 Å². The van der Waals surface area contributed by atoms with Crippen LogP contribution in [0.25, 0.3) is 0 Å². The highest BCUT2D eigenvalue weighted by Crippen LogP contribution is 2.48. The Bertz CT molecular complexity index is 815. The Morgan fingerprint density at radius 1 is 1.24 bits per heavy atom. The molecule has 2 N–H and O–H groups in total. The Balaban J connectivity index is 1.60. The van der Waals surface area contributed by atoms with E-state index < -0.39 is 5.97 Å². The van der Waals surface area contributed by atoms with Gasteiger partial charge in [-0.15, -0.1) is 0 Å². The number of aromatic carboxylic acids is 1. The monoisotopic (exact) mass is 339 g/mol. The number of methoxy groups -OCH3 is 1. The minimum absolute atomic E-state index is 0.0151. The minimum Gasteiger partial charge on any atom is -0.496 e. The fraction of sp³-hybridized carbons (Fsp3) is 0.300. The number of aryl methyl sites for hydroxylation is 1. The average molecular weight is 339 g/mol. The number of carboxylic acid groups (broad SMARTS) is 1. The number of hydrogen-bond donors (Lipinski definition) is 2. The van der Waals surface area contributed by atoms with Crippen LogP contribution in [0, 0.1) is 12.8 Å². The van der Waals surface area contributed by atoms with Crippen LogP contribution in [0.4, 0.5) is 0 Å². The van der Waals surface area contributed by atoms with Crippen molar-refractivity contribution in [1.29, 1.82) is 0 Å². The predicted octanol–water partition coefficient (Wildman–Crippen LogP) is 3.12. The molecule has 1 aliphatic carbocycles. The van der Waals surface area contributed by atoms with Gasteiger partial charge < -0.3 is 15.2 Å². The van der Waals surface area contributed by atoms with E-state index in [0.29, 0.717) is 18.2 Å². The lowest BCUT2D eigenvalue weighted by molar-refractivity contribution is -0.122. The number of nitrogens with one attached hydrogen (secondary N) is 1. The zero-order valence-corrected chi connectivity index (χ0v) is 14.3. The first kappa shape index (κ1) is 17.0. The summed E-state index contributed by atoms with van der Waals surface area (Å²) in [6.07, 6.45) is 0.873. The Kier molecular flexibility index (Phi) is 4.74. The van der Waals surface area contributed by atoms with Crippen LogP contribution in [0.2, 0.25) is 0 Å². The zero-order chi connectivity index (χ0) is 18.0. The number of ether oxygens (including phenoxy) is 1. The van der Waals surface area contributed by atoms with Crippen molar-refractivity contribution in [3.05, 3.63) is 64.7 Å². The molecule has 2 aromatic rings. The van der Waals surface area contributed by atoms with Crippen molar-refractivity contribution in [3.63, 3.8) is 0 Å². The topological polar surface area (TPSA) is 75.6 Å². The molecule has 2 atom stereocenters. The smallest absolute Gasteiger partial charge is 0.339 e. The second-order valence-electron chi connectivity index (χ2n) is 6.36. The highest BCUT2D eigenvalue weighted by Gasteiger charge is 2.44. The van der Waals surface area contributed by atoms with E-state index in [9.17, 15) is 9.59 Å². The molecule has 2 aromatic carbocycles. The third kappa shape index (κ3) is 3.65. The quantitative estimate of drug-likeness (QED) is 0.848. The van der Waals surface area contributed by atoms with E-state index in [4.69, 9.17) is 9.84 Å². The first-order chi connectivity index (χ1) is 12.0. The normalized spacial score (nSPS) is 18.5. The Labute approximate surface area is 146 Å². The van der Waals surface area contributed by atoms with Crippen molar-refractivity contribution in [2.24, 2.45) is 5.92 Å². The number of carboxylic acids is 1. The first-order valence-electron chi connectivity index (χ1n) is 8.24. The second-order valence-corrected chi connectivity index (χ2v) is 6.36. The van der Waals surface area contributed by atoms with E-state index in [-0.39, 0.29) is 17.4 Å². The molecule has 1 saturated carbocycles. The largest absolute Gasteiger partial charge is 0.496 e. The van der Waals surface area contributed by atoms with Gasteiger partial charge >= 0.3 is 5.97 Å². The van der Waals surface area contributed by atoms with E-state index in [0.717, 1.165) is 12.0 Å². The van der Waals surface area contributed by atoms with Gasteiger partial charge in [0.1, 0.15) is 11.3 Å². The van der Waals surface area contributed by atoms with E-state index in [1.54, 1.807) is 12.1 Å². The van der Waals surface area contributed by atoms with Crippen molar-refractivity contribution in [2.45, 2.75) is 25.8 Å². The molecule has 130 valence electrons. The molecule has 0 radical (unpaired) electrons. The summed E-state index contributed by atoms with van der Waals surface area (Å²) in [7, 11) is 1.43. The lowest BCUT2D eigenvalue weighted by Gasteiger charge is -2.09. The first-order valence-corrected chi connectivity index (χ1v) is 8.24. The van der Waals surface area contributed by atoms with Gasteiger partial charge in [0, 0.05) is 12.5 Å².